The topological polar surface area (TPSA) is 79.6 Å². The molecule has 0 saturated carbocycles. The van der Waals surface area contributed by atoms with Crippen molar-refractivity contribution in [1.29, 1.82) is 0 Å². The number of amides is 1. The lowest BCUT2D eigenvalue weighted by atomic mass is 9.88. The molecule has 0 radical (unpaired) electrons. The first-order valence-corrected chi connectivity index (χ1v) is 10.3. The summed E-state index contributed by atoms with van der Waals surface area (Å²) < 4.78 is 53.1. The van der Waals surface area contributed by atoms with Crippen LogP contribution in [0, 0.1) is 6.92 Å². The maximum absolute atomic E-state index is 14.0. The van der Waals surface area contributed by atoms with Gasteiger partial charge in [0, 0.05) is 5.70 Å². The Balaban J connectivity index is 1.59. The van der Waals surface area contributed by atoms with Crippen molar-refractivity contribution in [3.63, 3.8) is 0 Å². The van der Waals surface area contributed by atoms with Gasteiger partial charge in [-0.25, -0.2) is 15.4 Å². The number of methoxy groups -OCH3 is 1. The van der Waals surface area contributed by atoms with Crippen molar-refractivity contribution >= 4 is 22.6 Å². The predicted octanol–water partition coefficient (Wildman–Crippen LogP) is 3.87. The number of aryl methyl sites for hydroxylation is 1. The number of halogens is 3. The highest BCUT2D eigenvalue weighted by atomic mass is 19.4. The molecular weight excluding hydrogens is 437 g/mol. The lowest BCUT2D eigenvalue weighted by Crippen LogP contribution is -2.54. The minimum absolute atomic E-state index is 0.00677. The third kappa shape index (κ3) is 3.41. The lowest BCUT2D eigenvalue weighted by molar-refractivity contribution is -0.161. The molecule has 0 bridgehead atoms. The van der Waals surface area contributed by atoms with Gasteiger partial charge in [0.15, 0.2) is 11.1 Å². The maximum Gasteiger partial charge on any atom is 0.406 e. The van der Waals surface area contributed by atoms with Crippen LogP contribution in [0.3, 0.4) is 0 Å². The number of nitrogens with one attached hydrogen (secondary N) is 2. The molecule has 2 aromatic carbocycles. The van der Waals surface area contributed by atoms with Gasteiger partial charge in [-0.1, -0.05) is 35.9 Å². The molecule has 1 fully saturated rings. The Labute approximate surface area is 187 Å². The van der Waals surface area contributed by atoms with E-state index in [-0.39, 0.29) is 11.5 Å². The number of carbonyl (C=O) groups excluding carboxylic acids is 1. The molecule has 2 aliphatic rings. The molecule has 1 amide bonds. The molecule has 7 nitrogen and oxygen atoms in total. The molecule has 2 aliphatic heterocycles. The molecule has 3 unspecified atom stereocenters. The second-order valence-corrected chi connectivity index (χ2v) is 8.18. The molecule has 0 aliphatic carbocycles. The number of hydrazine groups is 1. The highest BCUT2D eigenvalue weighted by molar-refractivity contribution is 6.20. The van der Waals surface area contributed by atoms with Gasteiger partial charge in [0.05, 0.1) is 13.0 Å². The summed E-state index contributed by atoms with van der Waals surface area (Å²) in [6.45, 7) is 3.45. The minimum Gasteiger partial charge on any atom is -0.494 e. The Hall–Kier alpha value is -3.53. The Morgan fingerprint density at radius 2 is 1.91 bits per heavy atom. The number of benzene rings is 2. The zero-order valence-electron chi connectivity index (χ0n) is 18.0. The second kappa shape index (κ2) is 7.51. The molecule has 1 aromatic heterocycles. The number of allylic oxidation sites excluding steroid dienone is 1. The van der Waals surface area contributed by atoms with Crippen molar-refractivity contribution in [1.82, 2.24) is 20.7 Å². The molecule has 5 rings (SSSR count). The summed E-state index contributed by atoms with van der Waals surface area (Å²) in [4.78, 5) is 17.8. The van der Waals surface area contributed by atoms with Crippen LogP contribution in [0.1, 0.15) is 29.9 Å². The number of aromatic nitrogens is 1. The van der Waals surface area contributed by atoms with Gasteiger partial charge in [0.2, 0.25) is 5.89 Å². The first-order chi connectivity index (χ1) is 15.7. The number of nitrogens with zero attached hydrogens (tertiary/aromatic N) is 2. The molecule has 0 spiro atoms. The summed E-state index contributed by atoms with van der Waals surface area (Å²) in [6.07, 6.45) is -5.51. The Bertz CT molecular complexity index is 1280. The first-order valence-electron chi connectivity index (χ1n) is 10.3. The molecule has 10 heteroatoms. The number of hydrogen-bond acceptors (Lipinski definition) is 6. The van der Waals surface area contributed by atoms with Crippen molar-refractivity contribution in [2.75, 3.05) is 7.11 Å². The molecule has 1 saturated heterocycles. The van der Waals surface area contributed by atoms with Crippen molar-refractivity contribution in [3.8, 4) is 5.75 Å². The minimum atomic E-state index is -4.58. The van der Waals surface area contributed by atoms with Gasteiger partial charge in [0.25, 0.3) is 5.91 Å². The van der Waals surface area contributed by atoms with Crippen LogP contribution < -0.4 is 15.5 Å². The van der Waals surface area contributed by atoms with Gasteiger partial charge in [-0.05, 0) is 31.5 Å². The molecule has 2 N–H and O–H groups in total. The summed E-state index contributed by atoms with van der Waals surface area (Å²) in [5.41, 5.74) is 4.98. The summed E-state index contributed by atoms with van der Waals surface area (Å²) >= 11 is 0. The van der Waals surface area contributed by atoms with E-state index in [1.54, 1.807) is 43.3 Å². The number of carbonyl (C=O) groups is 1. The van der Waals surface area contributed by atoms with Crippen LogP contribution in [-0.2, 0) is 4.79 Å². The van der Waals surface area contributed by atoms with E-state index in [9.17, 15) is 18.0 Å². The molecule has 172 valence electrons. The number of para-hydroxylation sites is 1. The first kappa shape index (κ1) is 21.3. The van der Waals surface area contributed by atoms with Gasteiger partial charge < -0.3 is 14.5 Å². The van der Waals surface area contributed by atoms with Crippen LogP contribution in [0.15, 0.2) is 52.6 Å². The van der Waals surface area contributed by atoms with Crippen molar-refractivity contribution in [3.05, 3.63) is 65.2 Å². The van der Waals surface area contributed by atoms with E-state index in [0.717, 1.165) is 10.6 Å². The van der Waals surface area contributed by atoms with Gasteiger partial charge in [-0.15, -0.1) is 0 Å². The Kier molecular flexibility index (Phi) is 4.86. The second-order valence-electron chi connectivity index (χ2n) is 8.18. The normalized spacial score (nSPS) is 23.2. The quantitative estimate of drug-likeness (QED) is 0.621. The average molecular weight is 458 g/mol. The van der Waals surface area contributed by atoms with Crippen LogP contribution in [0.5, 0.6) is 5.75 Å². The lowest BCUT2D eigenvalue weighted by Gasteiger charge is -2.34. The number of ether oxygens (including phenoxy) is 1. The largest absolute Gasteiger partial charge is 0.494 e. The van der Waals surface area contributed by atoms with Crippen LogP contribution in [0.25, 0.3) is 16.7 Å². The van der Waals surface area contributed by atoms with Gasteiger partial charge in [0.1, 0.15) is 23.5 Å². The fourth-order valence-electron chi connectivity index (χ4n) is 4.54. The van der Waals surface area contributed by atoms with Crippen LogP contribution in [-0.4, -0.2) is 41.4 Å². The third-order valence-corrected chi connectivity index (χ3v) is 6.02. The Morgan fingerprint density at radius 1 is 1.15 bits per heavy atom. The summed E-state index contributed by atoms with van der Waals surface area (Å²) in [7, 11) is 1.49. The maximum atomic E-state index is 14.0. The van der Waals surface area contributed by atoms with Gasteiger partial charge in [-0.3, -0.25) is 4.79 Å². The number of fused-ring (bicyclic) bond motifs is 2. The summed E-state index contributed by atoms with van der Waals surface area (Å²) in [6, 6.07) is 10.0. The molecule has 33 heavy (non-hydrogen) atoms. The SMILES string of the molecule is COc1cccc2oc(C3=C(C)NC4C(c5cccc(C)c5)C(C(F)(F)F)NN4C3=O)nc12. The number of hydrogen-bond donors (Lipinski definition) is 2. The highest BCUT2D eigenvalue weighted by Crippen LogP contribution is 2.43. The zero-order chi connectivity index (χ0) is 23.5. The smallest absolute Gasteiger partial charge is 0.406 e. The van der Waals surface area contributed by atoms with Crippen LogP contribution >= 0.6 is 0 Å². The third-order valence-electron chi connectivity index (χ3n) is 6.02. The van der Waals surface area contributed by atoms with E-state index in [0.29, 0.717) is 28.1 Å². The van der Waals surface area contributed by atoms with E-state index in [1.165, 1.54) is 7.11 Å². The van der Waals surface area contributed by atoms with E-state index in [2.05, 4.69) is 15.7 Å². The van der Waals surface area contributed by atoms with Crippen molar-refractivity contribution in [2.24, 2.45) is 0 Å². The van der Waals surface area contributed by atoms with Gasteiger partial charge in [-0.2, -0.15) is 13.2 Å². The number of rotatable bonds is 3. The summed E-state index contributed by atoms with van der Waals surface area (Å²) in [5.74, 6) is -1.22. The average Bonchev–Trinajstić information content (AvgIpc) is 3.35. The monoisotopic (exact) mass is 458 g/mol. The number of alkyl halides is 3. The molecular formula is C23H21F3N4O3. The zero-order valence-corrected chi connectivity index (χ0v) is 18.0. The molecule has 3 atom stereocenters. The highest BCUT2D eigenvalue weighted by Gasteiger charge is 2.58. The molecule has 3 heterocycles. The molecule has 3 aromatic rings. The Morgan fingerprint density at radius 3 is 2.61 bits per heavy atom. The van der Waals surface area contributed by atoms with Crippen molar-refractivity contribution in [2.45, 2.75) is 38.1 Å². The fourth-order valence-corrected chi connectivity index (χ4v) is 4.54. The van der Waals surface area contributed by atoms with E-state index in [4.69, 9.17) is 9.15 Å². The van der Waals surface area contributed by atoms with Crippen molar-refractivity contribution < 1.29 is 27.1 Å². The predicted molar refractivity (Wildman–Crippen MR) is 114 cm³/mol. The van der Waals surface area contributed by atoms with E-state index in [1.807, 2.05) is 13.0 Å². The van der Waals surface area contributed by atoms with Crippen LogP contribution in [0.4, 0.5) is 13.2 Å². The summed E-state index contributed by atoms with van der Waals surface area (Å²) in [5, 5.41) is 4.09. The van der Waals surface area contributed by atoms with E-state index >= 15 is 0 Å². The fraction of sp³-hybridized carbons (Fsp3) is 0.304. The van der Waals surface area contributed by atoms with Gasteiger partial charge >= 0.3 is 6.18 Å². The standard InChI is InChI=1S/C23H21F3N4O3/c1-11-6-4-7-13(10-11)17-19(23(24,25)26)29-30-20(17)27-12(2)16(22(30)31)21-28-18-14(32-3)8-5-9-15(18)33-21/h4-10,17,19-20,27,29H,1-3H3. The van der Waals surface area contributed by atoms with Crippen LogP contribution in [0.2, 0.25) is 0 Å². The van der Waals surface area contributed by atoms with E-state index < -0.39 is 30.2 Å². The number of oxazole rings is 1.